The second-order valence-corrected chi connectivity index (χ2v) is 3.92. The maximum absolute atomic E-state index is 13.1. The summed E-state index contributed by atoms with van der Waals surface area (Å²) in [6, 6.07) is 3.20. The molecule has 0 amide bonds. The van der Waals surface area contributed by atoms with Crippen LogP contribution in [0, 0.1) is 11.6 Å². The van der Waals surface area contributed by atoms with E-state index in [1.165, 1.54) is 18.3 Å². The average Bonchev–Trinajstić information content (AvgIpc) is 2.69. The van der Waals surface area contributed by atoms with Gasteiger partial charge in [-0.05, 0) is 12.1 Å². The molecule has 0 unspecified atom stereocenters. The van der Waals surface area contributed by atoms with E-state index < -0.39 is 11.6 Å². The Morgan fingerprint density at radius 2 is 1.78 bits per heavy atom. The second-order valence-electron chi connectivity index (χ2n) is 3.92. The molecule has 0 aliphatic heterocycles. The lowest BCUT2D eigenvalue weighted by Crippen LogP contribution is -1.94. The van der Waals surface area contributed by atoms with Gasteiger partial charge in [0.1, 0.15) is 17.2 Å². The lowest BCUT2D eigenvalue weighted by Gasteiger charge is -2.01. The molecule has 4 nitrogen and oxygen atoms in total. The minimum absolute atomic E-state index is 0.268. The van der Waals surface area contributed by atoms with Crippen molar-refractivity contribution in [1.29, 1.82) is 0 Å². The summed E-state index contributed by atoms with van der Waals surface area (Å²) in [5.41, 5.74) is 1.55. The molecular weight excluding hydrogens is 238 g/mol. The van der Waals surface area contributed by atoms with E-state index in [-0.39, 0.29) is 5.82 Å². The maximum Gasteiger partial charge on any atom is 0.163 e. The zero-order valence-electron chi connectivity index (χ0n) is 9.43. The first kappa shape index (κ1) is 10.8. The summed E-state index contributed by atoms with van der Waals surface area (Å²) in [5, 5.41) is 0. The number of halogens is 2. The Kier molecular flexibility index (Phi) is 2.29. The molecule has 6 heteroatoms. The van der Waals surface area contributed by atoms with Crippen LogP contribution in [0.25, 0.3) is 22.6 Å². The number of nitrogens with zero attached hydrogens (tertiary/aromatic N) is 4. The van der Waals surface area contributed by atoms with Crippen LogP contribution in [0.3, 0.4) is 0 Å². The lowest BCUT2D eigenvalue weighted by atomic mass is 10.2. The number of hydrogen-bond donors (Lipinski definition) is 0. The van der Waals surface area contributed by atoms with Gasteiger partial charge in [0.15, 0.2) is 11.5 Å². The van der Waals surface area contributed by atoms with Crippen molar-refractivity contribution in [3.8, 4) is 11.4 Å². The van der Waals surface area contributed by atoms with E-state index in [1.807, 2.05) is 0 Å². The highest BCUT2D eigenvalue weighted by Crippen LogP contribution is 2.19. The Bertz CT molecular complexity index is 716. The molecule has 3 aromatic rings. The van der Waals surface area contributed by atoms with Gasteiger partial charge >= 0.3 is 0 Å². The van der Waals surface area contributed by atoms with Crippen LogP contribution in [-0.4, -0.2) is 19.5 Å². The Hall–Kier alpha value is -2.37. The van der Waals surface area contributed by atoms with Crippen LogP contribution < -0.4 is 0 Å². The van der Waals surface area contributed by atoms with E-state index in [9.17, 15) is 8.78 Å². The molecule has 1 aromatic carbocycles. The fraction of sp³-hybridized carbons (Fsp3) is 0.0833. The average molecular weight is 246 g/mol. The summed E-state index contributed by atoms with van der Waals surface area (Å²) in [5.74, 6) is -1.04. The minimum atomic E-state index is -0.654. The number of aromatic nitrogens is 4. The Morgan fingerprint density at radius 1 is 1.06 bits per heavy atom. The van der Waals surface area contributed by atoms with Crippen molar-refractivity contribution in [2.45, 2.75) is 0 Å². The third-order valence-electron chi connectivity index (χ3n) is 2.57. The number of hydrogen-bond acceptors (Lipinski definition) is 3. The van der Waals surface area contributed by atoms with Crippen molar-refractivity contribution in [2.24, 2.45) is 7.05 Å². The summed E-state index contributed by atoms with van der Waals surface area (Å²) in [6.45, 7) is 0. The Morgan fingerprint density at radius 3 is 2.50 bits per heavy atom. The van der Waals surface area contributed by atoms with Gasteiger partial charge in [-0.2, -0.15) is 0 Å². The van der Waals surface area contributed by atoms with Crippen LogP contribution in [0.4, 0.5) is 8.78 Å². The zero-order valence-corrected chi connectivity index (χ0v) is 9.43. The molecule has 3 rings (SSSR count). The molecule has 0 radical (unpaired) electrons. The number of rotatable bonds is 1. The number of aryl methyl sites for hydroxylation is 1. The molecule has 0 aliphatic carbocycles. The number of fused-ring (bicyclic) bond motifs is 1. The van der Waals surface area contributed by atoms with Crippen LogP contribution in [0.2, 0.25) is 0 Å². The summed E-state index contributed by atoms with van der Waals surface area (Å²) < 4.78 is 28.0. The van der Waals surface area contributed by atoms with Gasteiger partial charge < -0.3 is 4.57 Å². The SMILES string of the molecule is Cn1cnc2cnc(-c3cc(F)cc(F)c3)nc21. The normalized spacial score (nSPS) is 11.1. The third kappa shape index (κ3) is 1.71. The highest BCUT2D eigenvalue weighted by atomic mass is 19.1. The van der Waals surface area contributed by atoms with Gasteiger partial charge in [-0.1, -0.05) is 0 Å². The first-order valence-electron chi connectivity index (χ1n) is 5.24. The lowest BCUT2D eigenvalue weighted by molar-refractivity contribution is 0.584. The molecule has 0 bridgehead atoms. The van der Waals surface area contributed by atoms with E-state index in [0.29, 0.717) is 16.7 Å². The molecule has 0 saturated carbocycles. The van der Waals surface area contributed by atoms with Crippen molar-refractivity contribution < 1.29 is 8.78 Å². The van der Waals surface area contributed by atoms with Gasteiger partial charge in [0.05, 0.1) is 12.5 Å². The van der Waals surface area contributed by atoms with Crippen molar-refractivity contribution in [3.63, 3.8) is 0 Å². The first-order valence-corrected chi connectivity index (χ1v) is 5.24. The quantitative estimate of drug-likeness (QED) is 0.661. The van der Waals surface area contributed by atoms with Crippen molar-refractivity contribution in [3.05, 3.63) is 42.4 Å². The monoisotopic (exact) mass is 246 g/mol. The molecule has 0 spiro atoms. The van der Waals surface area contributed by atoms with Gasteiger partial charge in [-0.3, -0.25) is 0 Å². The number of imidazole rings is 1. The summed E-state index contributed by atoms with van der Waals surface area (Å²) >= 11 is 0. The minimum Gasteiger partial charge on any atom is -0.318 e. The second kappa shape index (κ2) is 3.83. The van der Waals surface area contributed by atoms with E-state index in [2.05, 4.69) is 15.0 Å². The first-order chi connectivity index (χ1) is 8.63. The molecule has 0 fully saturated rings. The molecule has 0 aliphatic rings. The van der Waals surface area contributed by atoms with E-state index in [0.717, 1.165) is 6.07 Å². The van der Waals surface area contributed by atoms with Gasteiger partial charge in [-0.25, -0.2) is 23.7 Å². The predicted molar refractivity (Wildman–Crippen MR) is 61.7 cm³/mol. The van der Waals surface area contributed by atoms with Crippen LogP contribution >= 0.6 is 0 Å². The number of benzene rings is 1. The smallest absolute Gasteiger partial charge is 0.163 e. The molecule has 0 atom stereocenters. The molecule has 18 heavy (non-hydrogen) atoms. The van der Waals surface area contributed by atoms with E-state index in [4.69, 9.17) is 0 Å². The summed E-state index contributed by atoms with van der Waals surface area (Å²) in [7, 11) is 1.79. The zero-order chi connectivity index (χ0) is 12.7. The maximum atomic E-state index is 13.1. The van der Waals surface area contributed by atoms with Crippen molar-refractivity contribution in [1.82, 2.24) is 19.5 Å². The molecular formula is C12H8F2N4. The molecule has 2 aromatic heterocycles. The van der Waals surface area contributed by atoms with Crippen molar-refractivity contribution >= 4 is 11.2 Å². The Balaban J connectivity index is 2.21. The highest BCUT2D eigenvalue weighted by Gasteiger charge is 2.09. The molecule has 90 valence electrons. The molecule has 2 heterocycles. The summed E-state index contributed by atoms with van der Waals surface area (Å²) in [6.07, 6.45) is 3.13. The fourth-order valence-corrected chi connectivity index (χ4v) is 1.74. The summed E-state index contributed by atoms with van der Waals surface area (Å²) in [4.78, 5) is 12.4. The van der Waals surface area contributed by atoms with Gasteiger partial charge in [0.2, 0.25) is 0 Å². The largest absolute Gasteiger partial charge is 0.318 e. The van der Waals surface area contributed by atoms with E-state index in [1.54, 1.807) is 17.9 Å². The topological polar surface area (TPSA) is 43.6 Å². The van der Waals surface area contributed by atoms with Gasteiger partial charge in [-0.15, -0.1) is 0 Å². The van der Waals surface area contributed by atoms with Crippen LogP contribution in [0.5, 0.6) is 0 Å². The van der Waals surface area contributed by atoms with Crippen LogP contribution in [0.1, 0.15) is 0 Å². The van der Waals surface area contributed by atoms with Gasteiger partial charge in [0.25, 0.3) is 0 Å². The Labute approximate surface area is 101 Å². The van der Waals surface area contributed by atoms with E-state index >= 15 is 0 Å². The predicted octanol–water partition coefficient (Wildman–Crippen LogP) is 2.31. The highest BCUT2D eigenvalue weighted by molar-refractivity contribution is 5.72. The van der Waals surface area contributed by atoms with Crippen LogP contribution in [0.15, 0.2) is 30.7 Å². The van der Waals surface area contributed by atoms with Crippen LogP contribution in [-0.2, 0) is 7.05 Å². The molecule has 0 saturated heterocycles. The standard InChI is InChI=1S/C12H8F2N4/c1-18-6-16-10-5-15-11(17-12(10)18)7-2-8(13)4-9(14)3-7/h2-6H,1H3. The fourth-order valence-electron chi connectivity index (χ4n) is 1.74. The van der Waals surface area contributed by atoms with Crippen molar-refractivity contribution in [2.75, 3.05) is 0 Å². The van der Waals surface area contributed by atoms with Gasteiger partial charge in [0, 0.05) is 18.7 Å². The third-order valence-corrected chi connectivity index (χ3v) is 2.57. The molecule has 0 N–H and O–H groups in total.